The first-order chi connectivity index (χ1) is 19.8. The predicted molar refractivity (Wildman–Crippen MR) is 171 cm³/mol. The van der Waals surface area contributed by atoms with Gasteiger partial charge in [-0.3, -0.25) is 13.9 Å². The number of aryl methyl sites for hydroxylation is 1. The van der Waals surface area contributed by atoms with E-state index in [0.29, 0.717) is 27.8 Å². The molecule has 3 aromatic rings. The molecule has 1 atom stereocenters. The lowest BCUT2D eigenvalue weighted by Gasteiger charge is -2.32. The summed E-state index contributed by atoms with van der Waals surface area (Å²) in [5.74, 6) is -0.620. The highest BCUT2D eigenvalue weighted by molar-refractivity contribution is 7.92. The van der Waals surface area contributed by atoms with Crippen LogP contribution in [0.3, 0.4) is 0 Å². The van der Waals surface area contributed by atoms with E-state index in [1.165, 1.54) is 17.0 Å². The van der Waals surface area contributed by atoms with Crippen LogP contribution in [0.25, 0.3) is 0 Å². The predicted octanol–water partition coefficient (Wildman–Crippen LogP) is 6.95. The number of benzene rings is 3. The zero-order chi connectivity index (χ0) is 31.0. The molecule has 0 fully saturated rings. The maximum Gasteiger partial charge on any atom is 0.264 e. The fourth-order valence-corrected chi connectivity index (χ4v) is 6.08. The van der Waals surface area contributed by atoms with Gasteiger partial charge in [0.05, 0.1) is 20.6 Å². The van der Waals surface area contributed by atoms with Crippen LogP contribution in [0.15, 0.2) is 71.6 Å². The van der Waals surface area contributed by atoms with Crippen LogP contribution in [0.2, 0.25) is 10.0 Å². The lowest BCUT2D eigenvalue weighted by atomic mass is 10.0. The first-order valence-corrected chi connectivity index (χ1v) is 16.2. The minimum atomic E-state index is -4.13. The van der Waals surface area contributed by atoms with Gasteiger partial charge in [-0.2, -0.15) is 0 Å². The van der Waals surface area contributed by atoms with Crippen LogP contribution >= 0.6 is 23.2 Å². The Kier molecular flexibility index (Phi) is 11.9. The molecule has 42 heavy (non-hydrogen) atoms. The van der Waals surface area contributed by atoms with Crippen molar-refractivity contribution in [3.8, 4) is 0 Å². The Morgan fingerprint density at radius 3 is 2.12 bits per heavy atom. The number of unbranched alkanes of at least 4 members (excludes halogenated alkanes) is 1. The van der Waals surface area contributed by atoms with E-state index in [1.807, 2.05) is 39.8 Å². The monoisotopic (exact) mass is 631 g/mol. The second kappa shape index (κ2) is 14.9. The highest BCUT2D eigenvalue weighted by Crippen LogP contribution is 2.28. The van der Waals surface area contributed by atoms with E-state index >= 15 is 0 Å². The molecule has 0 aromatic heterocycles. The van der Waals surface area contributed by atoms with Gasteiger partial charge < -0.3 is 10.2 Å². The fraction of sp³-hybridized carbons (Fsp3) is 0.375. The van der Waals surface area contributed by atoms with E-state index in [1.54, 1.807) is 49.4 Å². The van der Waals surface area contributed by atoms with Crippen molar-refractivity contribution in [2.75, 3.05) is 17.4 Å². The summed E-state index contributed by atoms with van der Waals surface area (Å²) in [5.41, 5.74) is 2.95. The van der Waals surface area contributed by atoms with Crippen molar-refractivity contribution in [2.24, 2.45) is 0 Å². The number of nitrogens with one attached hydrogen (secondary N) is 1. The summed E-state index contributed by atoms with van der Waals surface area (Å²) in [5, 5.41) is 3.56. The van der Waals surface area contributed by atoms with Crippen LogP contribution in [0.5, 0.6) is 0 Å². The lowest BCUT2D eigenvalue weighted by molar-refractivity contribution is -0.139. The summed E-state index contributed by atoms with van der Waals surface area (Å²) >= 11 is 12.3. The fourth-order valence-electron chi connectivity index (χ4n) is 4.35. The third-order valence-corrected chi connectivity index (χ3v) is 9.60. The normalized spacial score (nSPS) is 12.2. The molecule has 0 heterocycles. The van der Waals surface area contributed by atoms with Crippen LogP contribution in [-0.2, 0) is 26.2 Å². The molecular formula is C32H39Cl2N3O4S. The smallest absolute Gasteiger partial charge is 0.264 e. The third-order valence-electron chi connectivity index (χ3n) is 7.07. The Morgan fingerprint density at radius 2 is 1.55 bits per heavy atom. The minimum Gasteiger partial charge on any atom is -0.354 e. The van der Waals surface area contributed by atoms with Crippen molar-refractivity contribution in [1.82, 2.24) is 10.2 Å². The van der Waals surface area contributed by atoms with Gasteiger partial charge in [0, 0.05) is 13.1 Å². The van der Waals surface area contributed by atoms with E-state index in [-0.39, 0.29) is 23.3 Å². The Bertz CT molecular complexity index is 1480. The Labute approximate surface area is 259 Å². The molecule has 3 aromatic carbocycles. The molecule has 0 aliphatic carbocycles. The summed E-state index contributed by atoms with van der Waals surface area (Å²) in [4.78, 5) is 28.6. The average molecular weight is 633 g/mol. The number of rotatable bonds is 13. The van der Waals surface area contributed by atoms with Gasteiger partial charge in [0.1, 0.15) is 12.6 Å². The summed E-state index contributed by atoms with van der Waals surface area (Å²) in [7, 11) is -4.13. The number of carbonyl (C=O) groups is 2. The van der Waals surface area contributed by atoms with E-state index in [4.69, 9.17) is 23.2 Å². The quantitative estimate of drug-likeness (QED) is 0.207. The van der Waals surface area contributed by atoms with E-state index in [9.17, 15) is 18.0 Å². The Balaban J connectivity index is 2.03. The first kappa shape index (κ1) is 33.4. The molecule has 1 N–H and O–H groups in total. The second-order valence-electron chi connectivity index (χ2n) is 10.7. The van der Waals surface area contributed by atoms with Crippen LogP contribution in [0, 0.1) is 6.92 Å². The van der Waals surface area contributed by atoms with Gasteiger partial charge in [0.15, 0.2) is 0 Å². The lowest BCUT2D eigenvalue weighted by Crippen LogP contribution is -2.51. The van der Waals surface area contributed by atoms with Gasteiger partial charge in [-0.15, -0.1) is 0 Å². The maximum atomic E-state index is 14.0. The van der Waals surface area contributed by atoms with E-state index < -0.39 is 28.5 Å². The van der Waals surface area contributed by atoms with Crippen molar-refractivity contribution in [3.63, 3.8) is 0 Å². The largest absolute Gasteiger partial charge is 0.354 e. The van der Waals surface area contributed by atoms with E-state index in [2.05, 4.69) is 5.32 Å². The van der Waals surface area contributed by atoms with Gasteiger partial charge >= 0.3 is 0 Å². The molecule has 0 unspecified atom stereocenters. The number of carbonyl (C=O) groups excluding carboxylic acids is 2. The summed E-state index contributed by atoms with van der Waals surface area (Å²) < 4.78 is 29.1. The van der Waals surface area contributed by atoms with Crippen molar-refractivity contribution >= 4 is 50.7 Å². The van der Waals surface area contributed by atoms with Gasteiger partial charge in [0.25, 0.3) is 10.0 Å². The molecule has 3 rings (SSSR count). The Hall–Kier alpha value is -3.07. The standard InChI is InChI=1S/C32H39Cl2N3O4S/c1-6-7-18-35-32(39)24(5)36(20-25-10-17-29(33)30(34)19-25)31(38)21-37(27-13-11-26(12-14-27)22(2)3)42(40,41)28-15-8-23(4)9-16-28/h8-17,19,22,24H,6-7,18,20-21H2,1-5H3,(H,35,39)/t24-/m1/s1. The molecule has 0 aliphatic heterocycles. The van der Waals surface area contributed by atoms with Gasteiger partial charge in [0.2, 0.25) is 11.8 Å². The van der Waals surface area contributed by atoms with Crippen molar-refractivity contribution < 1.29 is 18.0 Å². The number of anilines is 1. The summed E-state index contributed by atoms with van der Waals surface area (Å²) in [6, 6.07) is 17.7. The van der Waals surface area contributed by atoms with Crippen LogP contribution in [0.4, 0.5) is 5.69 Å². The van der Waals surface area contributed by atoms with Gasteiger partial charge in [-0.25, -0.2) is 8.42 Å². The third kappa shape index (κ3) is 8.49. The molecule has 2 amide bonds. The number of hydrogen-bond donors (Lipinski definition) is 1. The number of nitrogens with zero attached hydrogens (tertiary/aromatic N) is 2. The molecule has 0 saturated heterocycles. The molecule has 0 spiro atoms. The molecule has 0 bridgehead atoms. The molecule has 0 aliphatic rings. The molecule has 226 valence electrons. The number of halogens is 2. The van der Waals surface area contributed by atoms with E-state index in [0.717, 1.165) is 28.3 Å². The molecule has 7 nitrogen and oxygen atoms in total. The SMILES string of the molecule is CCCCNC(=O)[C@@H](C)N(Cc1ccc(Cl)c(Cl)c1)C(=O)CN(c1ccc(C(C)C)cc1)S(=O)(=O)c1ccc(C)cc1. The topological polar surface area (TPSA) is 86.8 Å². The second-order valence-corrected chi connectivity index (χ2v) is 13.3. The number of amides is 2. The number of hydrogen-bond acceptors (Lipinski definition) is 4. The zero-order valence-electron chi connectivity index (χ0n) is 24.7. The molecule has 0 radical (unpaired) electrons. The Morgan fingerprint density at radius 1 is 0.905 bits per heavy atom. The van der Waals surface area contributed by atoms with Crippen LogP contribution in [0.1, 0.15) is 63.1 Å². The molecule has 0 saturated carbocycles. The minimum absolute atomic E-state index is 0.0305. The number of sulfonamides is 1. The van der Waals surface area contributed by atoms with Gasteiger partial charge in [-0.1, -0.05) is 86.3 Å². The zero-order valence-corrected chi connectivity index (χ0v) is 27.1. The van der Waals surface area contributed by atoms with Crippen LogP contribution < -0.4 is 9.62 Å². The van der Waals surface area contributed by atoms with Crippen molar-refractivity contribution in [1.29, 1.82) is 0 Å². The average Bonchev–Trinajstić information content (AvgIpc) is 2.96. The summed E-state index contributed by atoms with van der Waals surface area (Å²) in [6.07, 6.45) is 1.70. The van der Waals surface area contributed by atoms with Crippen molar-refractivity contribution in [2.45, 2.75) is 70.9 Å². The summed E-state index contributed by atoms with van der Waals surface area (Å²) in [6.45, 7) is 9.62. The maximum absolute atomic E-state index is 14.0. The van der Waals surface area contributed by atoms with Crippen molar-refractivity contribution in [3.05, 3.63) is 93.5 Å². The first-order valence-electron chi connectivity index (χ1n) is 14.1. The highest BCUT2D eigenvalue weighted by atomic mass is 35.5. The molecular weight excluding hydrogens is 593 g/mol. The van der Waals surface area contributed by atoms with Crippen LogP contribution in [-0.4, -0.2) is 44.3 Å². The molecule has 10 heteroatoms. The highest BCUT2D eigenvalue weighted by Gasteiger charge is 2.32. The van der Waals surface area contributed by atoms with Gasteiger partial charge in [-0.05, 0) is 73.7 Å².